The second-order valence-corrected chi connectivity index (χ2v) is 5.15. The SMILES string of the molecule is COc1cc(-c2oc3c(O)c(O)c(OC)cc3c(=O)c2O)ccc1O. The van der Waals surface area contributed by atoms with Crippen LogP contribution in [-0.4, -0.2) is 34.6 Å². The maximum absolute atomic E-state index is 12.4. The molecule has 3 rings (SSSR count). The van der Waals surface area contributed by atoms with E-state index in [1.807, 2.05) is 0 Å². The number of aromatic hydroxyl groups is 4. The lowest BCUT2D eigenvalue weighted by atomic mass is 10.1. The van der Waals surface area contributed by atoms with Gasteiger partial charge in [-0.1, -0.05) is 0 Å². The third kappa shape index (κ3) is 2.44. The number of hydrogen-bond donors (Lipinski definition) is 4. The minimum Gasteiger partial charge on any atom is -0.504 e. The first-order valence-electron chi connectivity index (χ1n) is 7.05. The Kier molecular flexibility index (Phi) is 3.80. The summed E-state index contributed by atoms with van der Waals surface area (Å²) in [4.78, 5) is 12.4. The molecule has 0 amide bonds. The van der Waals surface area contributed by atoms with E-state index >= 15 is 0 Å². The number of phenols is 3. The van der Waals surface area contributed by atoms with Crippen molar-refractivity contribution >= 4 is 11.0 Å². The van der Waals surface area contributed by atoms with Crippen LogP contribution in [0, 0.1) is 0 Å². The molecule has 1 aromatic heterocycles. The van der Waals surface area contributed by atoms with Crippen molar-refractivity contribution in [3.05, 3.63) is 34.5 Å². The van der Waals surface area contributed by atoms with Crippen molar-refractivity contribution in [3.63, 3.8) is 0 Å². The molecule has 0 atom stereocenters. The minimum atomic E-state index is -0.822. The fourth-order valence-electron chi connectivity index (χ4n) is 2.44. The highest BCUT2D eigenvalue weighted by Crippen LogP contribution is 2.43. The van der Waals surface area contributed by atoms with Gasteiger partial charge in [0.1, 0.15) is 0 Å². The molecule has 3 aromatic rings. The molecule has 0 aliphatic rings. The van der Waals surface area contributed by atoms with Gasteiger partial charge in [0, 0.05) is 5.56 Å². The highest BCUT2D eigenvalue weighted by Gasteiger charge is 2.22. The molecule has 8 nitrogen and oxygen atoms in total. The van der Waals surface area contributed by atoms with E-state index < -0.39 is 22.7 Å². The molecule has 0 saturated heterocycles. The van der Waals surface area contributed by atoms with Gasteiger partial charge in [-0.25, -0.2) is 0 Å². The summed E-state index contributed by atoms with van der Waals surface area (Å²) in [6.45, 7) is 0. The lowest BCUT2D eigenvalue weighted by molar-refractivity contribution is 0.349. The van der Waals surface area contributed by atoms with Crippen molar-refractivity contribution in [2.45, 2.75) is 0 Å². The van der Waals surface area contributed by atoms with Gasteiger partial charge in [-0.05, 0) is 24.3 Å². The summed E-state index contributed by atoms with van der Waals surface area (Å²) in [5.41, 5.74) is -0.916. The molecule has 0 aliphatic carbocycles. The number of phenolic OH excluding ortho intramolecular Hbond substituents is 3. The third-order valence-corrected chi connectivity index (χ3v) is 3.73. The molecule has 4 N–H and O–H groups in total. The molecule has 25 heavy (non-hydrogen) atoms. The summed E-state index contributed by atoms with van der Waals surface area (Å²) in [5, 5.41) is 39.7. The zero-order valence-electron chi connectivity index (χ0n) is 13.2. The molecule has 0 unspecified atom stereocenters. The average molecular weight is 346 g/mol. The fourth-order valence-corrected chi connectivity index (χ4v) is 2.44. The van der Waals surface area contributed by atoms with Gasteiger partial charge in [0.25, 0.3) is 0 Å². The Morgan fingerprint density at radius 3 is 2.20 bits per heavy atom. The van der Waals surface area contributed by atoms with Gasteiger partial charge in [-0.2, -0.15) is 0 Å². The third-order valence-electron chi connectivity index (χ3n) is 3.73. The van der Waals surface area contributed by atoms with E-state index in [0.29, 0.717) is 0 Å². The second-order valence-electron chi connectivity index (χ2n) is 5.15. The second kappa shape index (κ2) is 5.82. The first kappa shape index (κ1) is 16.3. The van der Waals surface area contributed by atoms with Crippen LogP contribution in [0.4, 0.5) is 0 Å². The van der Waals surface area contributed by atoms with Crippen molar-refractivity contribution < 1.29 is 34.3 Å². The van der Waals surface area contributed by atoms with Crippen molar-refractivity contribution in [1.82, 2.24) is 0 Å². The molecule has 0 fully saturated rings. The Labute approximate surface area is 140 Å². The molecular weight excluding hydrogens is 332 g/mol. The minimum absolute atomic E-state index is 0.0986. The van der Waals surface area contributed by atoms with Crippen LogP contribution >= 0.6 is 0 Å². The van der Waals surface area contributed by atoms with Crippen molar-refractivity contribution in [3.8, 4) is 45.8 Å². The van der Waals surface area contributed by atoms with Crippen LogP contribution in [0.25, 0.3) is 22.3 Å². The number of rotatable bonds is 3. The first-order chi connectivity index (χ1) is 11.9. The Balaban J connectivity index is 2.36. The Bertz CT molecular complexity index is 1040. The normalized spacial score (nSPS) is 10.8. The van der Waals surface area contributed by atoms with Crippen LogP contribution in [0.1, 0.15) is 0 Å². The van der Waals surface area contributed by atoms with Crippen LogP contribution in [0.2, 0.25) is 0 Å². The molecule has 0 bridgehead atoms. The van der Waals surface area contributed by atoms with Crippen LogP contribution in [-0.2, 0) is 0 Å². The summed E-state index contributed by atoms with van der Waals surface area (Å²) in [7, 11) is 2.59. The smallest absolute Gasteiger partial charge is 0.235 e. The van der Waals surface area contributed by atoms with E-state index in [0.717, 1.165) is 6.07 Å². The number of ether oxygens (including phenoxy) is 2. The Morgan fingerprint density at radius 2 is 1.56 bits per heavy atom. The highest BCUT2D eigenvalue weighted by molar-refractivity contribution is 5.90. The number of fused-ring (bicyclic) bond motifs is 1. The zero-order valence-corrected chi connectivity index (χ0v) is 13.2. The van der Waals surface area contributed by atoms with E-state index in [2.05, 4.69) is 0 Å². The summed E-state index contributed by atoms with van der Waals surface area (Å²) in [6.07, 6.45) is 0. The number of methoxy groups -OCH3 is 2. The molecule has 130 valence electrons. The predicted molar refractivity (Wildman–Crippen MR) is 87.7 cm³/mol. The van der Waals surface area contributed by atoms with Crippen molar-refractivity contribution in [2.75, 3.05) is 14.2 Å². The molecule has 0 radical (unpaired) electrons. The van der Waals surface area contributed by atoms with Gasteiger partial charge in [-0.15, -0.1) is 0 Å². The largest absolute Gasteiger partial charge is 0.504 e. The van der Waals surface area contributed by atoms with Gasteiger partial charge in [0.15, 0.2) is 28.6 Å². The van der Waals surface area contributed by atoms with Crippen LogP contribution in [0.3, 0.4) is 0 Å². The summed E-state index contributed by atoms with van der Waals surface area (Å²) in [5.74, 6) is -2.43. The molecular formula is C17H14O8. The van der Waals surface area contributed by atoms with Crippen molar-refractivity contribution in [1.29, 1.82) is 0 Å². The summed E-state index contributed by atoms with van der Waals surface area (Å²) < 4.78 is 15.3. The molecule has 0 saturated carbocycles. The lowest BCUT2D eigenvalue weighted by Gasteiger charge is -2.11. The lowest BCUT2D eigenvalue weighted by Crippen LogP contribution is -2.03. The number of hydrogen-bond acceptors (Lipinski definition) is 8. The standard InChI is InChI=1S/C17H14O8/c1-23-10-5-7(3-4-9(10)18)16-14(21)12(19)8-6-11(24-2)13(20)15(22)17(8)25-16/h3-6,18,20-22H,1-2H3. The van der Waals surface area contributed by atoms with E-state index in [4.69, 9.17) is 13.9 Å². The highest BCUT2D eigenvalue weighted by atomic mass is 16.5. The maximum Gasteiger partial charge on any atom is 0.235 e. The monoisotopic (exact) mass is 346 g/mol. The summed E-state index contributed by atoms with van der Waals surface area (Å²) in [6, 6.07) is 5.18. The quantitative estimate of drug-likeness (QED) is 0.532. The molecule has 8 heteroatoms. The van der Waals surface area contributed by atoms with E-state index in [9.17, 15) is 25.2 Å². The molecule has 0 spiro atoms. The maximum atomic E-state index is 12.4. The average Bonchev–Trinajstić information content (AvgIpc) is 2.61. The molecule has 1 heterocycles. The zero-order chi connectivity index (χ0) is 18.3. The van der Waals surface area contributed by atoms with Gasteiger partial charge in [0.05, 0.1) is 19.6 Å². The summed E-state index contributed by atoms with van der Waals surface area (Å²) >= 11 is 0. The van der Waals surface area contributed by atoms with Crippen LogP contribution in [0.5, 0.6) is 34.5 Å². The van der Waals surface area contributed by atoms with Crippen molar-refractivity contribution in [2.24, 2.45) is 0 Å². The van der Waals surface area contributed by atoms with E-state index in [1.54, 1.807) is 0 Å². The van der Waals surface area contributed by atoms with Gasteiger partial charge in [0.2, 0.25) is 22.7 Å². The van der Waals surface area contributed by atoms with Gasteiger partial charge in [-0.3, -0.25) is 4.79 Å². The predicted octanol–water partition coefficient (Wildman–Crippen LogP) is 2.30. The van der Waals surface area contributed by atoms with E-state index in [1.165, 1.54) is 32.4 Å². The molecule has 0 aliphatic heterocycles. The fraction of sp³-hybridized carbons (Fsp3) is 0.118. The number of benzene rings is 2. The van der Waals surface area contributed by atoms with Crippen LogP contribution < -0.4 is 14.9 Å². The van der Waals surface area contributed by atoms with Gasteiger partial charge >= 0.3 is 0 Å². The van der Waals surface area contributed by atoms with E-state index in [-0.39, 0.29) is 39.5 Å². The topological polar surface area (TPSA) is 130 Å². The Hall–Kier alpha value is -3.55. The van der Waals surface area contributed by atoms with Crippen LogP contribution in [0.15, 0.2) is 33.5 Å². The van der Waals surface area contributed by atoms with Gasteiger partial charge < -0.3 is 34.3 Å². The first-order valence-corrected chi connectivity index (χ1v) is 7.05. The Morgan fingerprint density at radius 1 is 0.880 bits per heavy atom. The molecule has 2 aromatic carbocycles.